The molecule has 1 aliphatic rings. The summed E-state index contributed by atoms with van der Waals surface area (Å²) in [4.78, 5) is 0. The van der Waals surface area contributed by atoms with Gasteiger partial charge in [0.05, 0.1) is 5.41 Å². The van der Waals surface area contributed by atoms with Crippen LogP contribution in [0.3, 0.4) is 0 Å². The van der Waals surface area contributed by atoms with E-state index < -0.39 is 5.41 Å². The highest BCUT2D eigenvalue weighted by Gasteiger charge is 2.46. The maximum Gasteiger partial charge on any atom is 0.178 e. The van der Waals surface area contributed by atoms with Crippen molar-refractivity contribution in [3.05, 3.63) is 265 Å². The maximum atomic E-state index is 6.66. The van der Waals surface area contributed by atoms with E-state index in [1.165, 1.54) is 76.8 Å². The van der Waals surface area contributed by atoms with Gasteiger partial charge >= 0.3 is 0 Å². The van der Waals surface area contributed by atoms with Gasteiger partial charge < -0.3 is 8.83 Å². The summed E-state index contributed by atoms with van der Waals surface area (Å²) in [5, 5.41) is 11.8. The molecular formula is C67H40O2. The zero-order valence-electron chi connectivity index (χ0n) is 37.4. The smallest absolute Gasteiger partial charge is 0.178 e. The fraction of sp³-hybridized carbons (Fsp3) is 0.0149. The zero-order chi connectivity index (χ0) is 45.2. The Morgan fingerprint density at radius 3 is 1.36 bits per heavy atom. The Morgan fingerprint density at radius 1 is 0.246 bits per heavy atom. The molecule has 320 valence electrons. The fourth-order valence-electron chi connectivity index (χ4n) is 12.1. The Kier molecular flexibility index (Phi) is 8.02. The Bertz CT molecular complexity index is 4340. The van der Waals surface area contributed by atoms with E-state index in [2.05, 4.69) is 231 Å². The largest absolute Gasteiger partial charge is 0.452 e. The zero-order valence-corrected chi connectivity index (χ0v) is 37.4. The van der Waals surface area contributed by atoms with Gasteiger partial charge in [0.1, 0.15) is 11.2 Å². The minimum Gasteiger partial charge on any atom is -0.452 e. The molecule has 0 aliphatic heterocycles. The van der Waals surface area contributed by atoms with Crippen molar-refractivity contribution in [2.75, 3.05) is 0 Å². The number of hydrogen-bond acceptors (Lipinski definition) is 2. The van der Waals surface area contributed by atoms with E-state index >= 15 is 0 Å². The summed E-state index contributed by atoms with van der Waals surface area (Å²) in [6, 6.07) is 89.3. The summed E-state index contributed by atoms with van der Waals surface area (Å²) < 4.78 is 13.1. The number of para-hydroxylation sites is 1. The highest BCUT2D eigenvalue weighted by Crippen LogP contribution is 2.58. The molecular weight excluding hydrogens is 837 g/mol. The Labute approximate surface area is 397 Å². The van der Waals surface area contributed by atoms with E-state index in [4.69, 9.17) is 8.83 Å². The molecule has 12 aromatic carbocycles. The Morgan fingerprint density at radius 2 is 0.696 bits per heavy atom. The van der Waals surface area contributed by atoms with Crippen molar-refractivity contribution in [2.24, 2.45) is 0 Å². The molecule has 0 saturated heterocycles. The van der Waals surface area contributed by atoms with Gasteiger partial charge in [-0.15, -0.1) is 0 Å². The van der Waals surface area contributed by atoms with Crippen LogP contribution in [-0.2, 0) is 5.41 Å². The minimum atomic E-state index is -0.508. The van der Waals surface area contributed by atoms with E-state index in [9.17, 15) is 0 Å². The highest BCUT2D eigenvalue weighted by atomic mass is 16.4. The van der Waals surface area contributed by atoms with Crippen LogP contribution < -0.4 is 0 Å². The molecule has 0 N–H and O–H groups in total. The van der Waals surface area contributed by atoms with Gasteiger partial charge in [-0.2, -0.15) is 0 Å². The molecule has 2 heteroatoms. The number of hydrogen-bond donors (Lipinski definition) is 0. The average molecular weight is 877 g/mol. The fourth-order valence-corrected chi connectivity index (χ4v) is 12.1. The molecule has 2 aromatic heterocycles. The molecule has 0 fully saturated rings. The summed E-state index contributed by atoms with van der Waals surface area (Å²) >= 11 is 0. The average Bonchev–Trinajstić information content (AvgIpc) is 4.10. The molecule has 15 rings (SSSR count). The number of benzene rings is 12. The van der Waals surface area contributed by atoms with Gasteiger partial charge in [0.2, 0.25) is 0 Å². The van der Waals surface area contributed by atoms with E-state index in [1.807, 2.05) is 12.1 Å². The third-order valence-electron chi connectivity index (χ3n) is 15.1. The van der Waals surface area contributed by atoms with Gasteiger partial charge in [-0.05, 0) is 154 Å². The molecule has 69 heavy (non-hydrogen) atoms. The SMILES string of the molecule is c1ccc(C2(c3ccccc3)c3ccccc3-c3c(-c4cc(-c5ccc6oc7c(ccc8c9ccccc9oc87)c6c5)cc(-c5ccc6c7ccccc7c7ccccc7c6c5)c4)cccc32)cc1. The Hall–Kier alpha value is -8.98. The first-order valence-electron chi connectivity index (χ1n) is 23.8. The third kappa shape index (κ3) is 5.43. The van der Waals surface area contributed by atoms with Gasteiger partial charge in [0.15, 0.2) is 11.2 Å². The van der Waals surface area contributed by atoms with Crippen molar-refractivity contribution in [1.29, 1.82) is 0 Å². The summed E-state index contributed by atoms with van der Waals surface area (Å²) in [6.45, 7) is 0. The molecule has 14 aromatic rings. The van der Waals surface area contributed by atoms with Crippen LogP contribution in [0.4, 0.5) is 0 Å². The minimum absolute atomic E-state index is 0.508. The molecule has 0 radical (unpaired) electrons. The lowest BCUT2D eigenvalue weighted by molar-refractivity contribution is 0.633. The van der Waals surface area contributed by atoms with Crippen molar-refractivity contribution in [3.63, 3.8) is 0 Å². The van der Waals surface area contributed by atoms with Crippen LogP contribution in [0.5, 0.6) is 0 Å². The van der Waals surface area contributed by atoms with Crippen LogP contribution in [0.2, 0.25) is 0 Å². The lowest BCUT2D eigenvalue weighted by Crippen LogP contribution is -2.28. The second-order valence-electron chi connectivity index (χ2n) is 18.6. The lowest BCUT2D eigenvalue weighted by atomic mass is 9.67. The molecule has 0 atom stereocenters. The van der Waals surface area contributed by atoms with Crippen molar-refractivity contribution < 1.29 is 8.83 Å². The number of fused-ring (bicyclic) bond motifs is 16. The van der Waals surface area contributed by atoms with E-state index in [-0.39, 0.29) is 0 Å². The maximum absolute atomic E-state index is 6.66. The first kappa shape index (κ1) is 38.2. The first-order valence-corrected chi connectivity index (χ1v) is 23.8. The van der Waals surface area contributed by atoms with Crippen LogP contribution in [-0.4, -0.2) is 0 Å². The molecule has 0 unspecified atom stereocenters. The summed E-state index contributed by atoms with van der Waals surface area (Å²) in [6.07, 6.45) is 0. The molecule has 2 heterocycles. The lowest BCUT2D eigenvalue weighted by Gasteiger charge is -2.34. The molecule has 1 aliphatic carbocycles. The second kappa shape index (κ2) is 14.5. The number of furan rings is 2. The van der Waals surface area contributed by atoms with Crippen molar-refractivity contribution >= 4 is 76.2 Å². The monoisotopic (exact) mass is 876 g/mol. The van der Waals surface area contributed by atoms with Crippen LogP contribution in [0, 0.1) is 0 Å². The predicted molar refractivity (Wildman–Crippen MR) is 287 cm³/mol. The summed E-state index contributed by atoms with van der Waals surface area (Å²) in [5.41, 5.74) is 17.3. The van der Waals surface area contributed by atoms with E-state index in [1.54, 1.807) is 0 Å². The first-order chi connectivity index (χ1) is 34.2. The van der Waals surface area contributed by atoms with Gasteiger partial charge in [-0.3, -0.25) is 0 Å². The standard InChI is InChI=1S/C67H40O2/c1-3-16-46(17-4-1)67(47-18-5-2-6-19-47)60-27-13-11-25-57(60)64-48(26-15-28-61(64)67)45-37-43(41-30-32-53-51-22-8-7-20-49(51)50-21-9-10-23-52(50)58(53)39-41)36-44(38-45)42-31-35-63-59(40-42)56-34-33-55-54-24-12-14-29-62(54)68-65(55)66(56)69-63/h1-40H. The van der Waals surface area contributed by atoms with E-state index in [0.717, 1.165) is 66.1 Å². The van der Waals surface area contributed by atoms with Crippen LogP contribution in [0.1, 0.15) is 22.3 Å². The molecule has 0 spiro atoms. The van der Waals surface area contributed by atoms with Gasteiger partial charge in [-0.25, -0.2) is 0 Å². The Balaban J connectivity index is 0.996. The molecule has 0 bridgehead atoms. The van der Waals surface area contributed by atoms with Gasteiger partial charge in [0.25, 0.3) is 0 Å². The van der Waals surface area contributed by atoms with Crippen molar-refractivity contribution in [3.8, 4) is 44.5 Å². The quantitative estimate of drug-likeness (QED) is 0.161. The summed E-state index contributed by atoms with van der Waals surface area (Å²) in [5.74, 6) is 0. The molecule has 0 amide bonds. The molecule has 0 saturated carbocycles. The van der Waals surface area contributed by atoms with Crippen LogP contribution in [0.15, 0.2) is 251 Å². The highest BCUT2D eigenvalue weighted by molar-refractivity contribution is 6.26. The normalized spacial score (nSPS) is 13.0. The van der Waals surface area contributed by atoms with Crippen LogP contribution >= 0.6 is 0 Å². The van der Waals surface area contributed by atoms with Crippen LogP contribution in [0.25, 0.3) is 121 Å². The van der Waals surface area contributed by atoms with Gasteiger partial charge in [-0.1, -0.05) is 188 Å². The predicted octanol–water partition coefficient (Wildman–Crippen LogP) is 18.3. The van der Waals surface area contributed by atoms with Crippen molar-refractivity contribution in [2.45, 2.75) is 5.41 Å². The van der Waals surface area contributed by atoms with E-state index in [0.29, 0.717) is 0 Å². The van der Waals surface area contributed by atoms with Gasteiger partial charge in [0, 0.05) is 21.5 Å². The van der Waals surface area contributed by atoms with Crippen molar-refractivity contribution in [1.82, 2.24) is 0 Å². The molecule has 2 nitrogen and oxygen atoms in total. The summed E-state index contributed by atoms with van der Waals surface area (Å²) in [7, 11) is 0. The topological polar surface area (TPSA) is 26.3 Å². The second-order valence-corrected chi connectivity index (χ2v) is 18.6. The number of rotatable bonds is 5. The third-order valence-corrected chi connectivity index (χ3v) is 15.1.